The van der Waals surface area contributed by atoms with Crippen LogP contribution in [0.25, 0.3) is 0 Å². The minimum atomic E-state index is -0.653. The number of rotatable bonds is 5. The number of hydrogen-bond donors (Lipinski definition) is 1. The molecule has 7 nitrogen and oxygen atoms in total. The van der Waals surface area contributed by atoms with Crippen molar-refractivity contribution in [3.05, 3.63) is 39.4 Å². The quantitative estimate of drug-likeness (QED) is 0.659. The molecule has 116 valence electrons. The van der Waals surface area contributed by atoms with Crippen LogP contribution in [-0.4, -0.2) is 30.1 Å². The number of nitrogens with zero attached hydrogens (tertiary/aromatic N) is 2. The molecular formula is C15H17N3O4. The van der Waals surface area contributed by atoms with Gasteiger partial charge in [-0.3, -0.25) is 14.9 Å². The average Bonchev–Trinajstić information content (AvgIpc) is 3.05. The first kappa shape index (κ1) is 15.9. The fourth-order valence-electron chi connectivity index (χ4n) is 2.47. The summed E-state index contributed by atoms with van der Waals surface area (Å²) >= 11 is 0. The average molecular weight is 303 g/mol. The standard InChI is InChI=1S/C15H17N3O4/c1-2-10-3-4-11(7-14(10)18(20)21)15(19)17-13(8-16)12-5-6-22-9-12/h3-4,7,12-13H,2,5-6,9H2,1H3,(H,17,19)/t12-,13+/m1/s1. The van der Waals surface area contributed by atoms with Crippen LogP contribution in [0.15, 0.2) is 18.2 Å². The monoisotopic (exact) mass is 303 g/mol. The Morgan fingerprint density at radius 1 is 1.64 bits per heavy atom. The Balaban J connectivity index is 2.16. The van der Waals surface area contributed by atoms with E-state index in [1.54, 1.807) is 12.1 Å². The third kappa shape index (κ3) is 3.40. The van der Waals surface area contributed by atoms with Crippen LogP contribution in [0.3, 0.4) is 0 Å². The van der Waals surface area contributed by atoms with Gasteiger partial charge in [0.05, 0.1) is 17.6 Å². The number of ether oxygens (including phenoxy) is 1. The van der Waals surface area contributed by atoms with E-state index in [4.69, 9.17) is 4.74 Å². The molecule has 0 aromatic heterocycles. The first-order valence-electron chi connectivity index (χ1n) is 7.12. The molecule has 0 unspecified atom stereocenters. The van der Waals surface area contributed by atoms with Gasteiger partial charge in [0.25, 0.3) is 11.6 Å². The zero-order valence-corrected chi connectivity index (χ0v) is 12.2. The fourth-order valence-corrected chi connectivity index (χ4v) is 2.47. The van der Waals surface area contributed by atoms with E-state index in [1.165, 1.54) is 6.07 Å². The van der Waals surface area contributed by atoms with Crippen LogP contribution in [0.5, 0.6) is 0 Å². The summed E-state index contributed by atoms with van der Waals surface area (Å²) in [6.07, 6.45) is 1.23. The fraction of sp³-hybridized carbons (Fsp3) is 0.467. The van der Waals surface area contributed by atoms with Crippen molar-refractivity contribution in [2.45, 2.75) is 25.8 Å². The number of benzene rings is 1. The molecule has 0 radical (unpaired) electrons. The molecule has 2 rings (SSSR count). The van der Waals surface area contributed by atoms with E-state index in [0.717, 1.165) is 0 Å². The van der Waals surface area contributed by atoms with Gasteiger partial charge in [0, 0.05) is 29.7 Å². The number of amides is 1. The second-order valence-electron chi connectivity index (χ2n) is 5.16. The number of carbonyl (C=O) groups is 1. The predicted octanol–water partition coefficient (Wildman–Crippen LogP) is 1.82. The SMILES string of the molecule is CCc1ccc(C(=O)N[C@@H](C#N)[C@@H]2CCOC2)cc1[N+](=O)[O-]. The molecule has 1 N–H and O–H groups in total. The van der Waals surface area contributed by atoms with Gasteiger partial charge in [-0.15, -0.1) is 0 Å². The van der Waals surface area contributed by atoms with E-state index in [1.807, 2.05) is 6.92 Å². The minimum Gasteiger partial charge on any atom is -0.381 e. The molecule has 1 aromatic rings. The third-order valence-electron chi connectivity index (χ3n) is 3.79. The lowest BCUT2D eigenvalue weighted by Crippen LogP contribution is -2.39. The molecule has 1 aliphatic heterocycles. The molecule has 22 heavy (non-hydrogen) atoms. The van der Waals surface area contributed by atoms with Gasteiger partial charge < -0.3 is 10.1 Å². The van der Waals surface area contributed by atoms with Gasteiger partial charge in [0.2, 0.25) is 0 Å². The van der Waals surface area contributed by atoms with Crippen LogP contribution in [0.2, 0.25) is 0 Å². The molecule has 1 amide bonds. The molecule has 7 heteroatoms. The van der Waals surface area contributed by atoms with Gasteiger partial charge in [-0.05, 0) is 18.9 Å². The van der Waals surface area contributed by atoms with Crippen LogP contribution >= 0.6 is 0 Å². The van der Waals surface area contributed by atoms with Crippen molar-refractivity contribution in [3.8, 4) is 6.07 Å². The molecule has 0 spiro atoms. The van der Waals surface area contributed by atoms with E-state index in [9.17, 15) is 20.2 Å². The van der Waals surface area contributed by atoms with Crippen LogP contribution in [0.4, 0.5) is 5.69 Å². The maximum atomic E-state index is 12.2. The Kier molecular flexibility index (Phi) is 5.07. The van der Waals surface area contributed by atoms with Gasteiger partial charge in [-0.25, -0.2) is 0 Å². The molecule has 1 saturated heterocycles. The zero-order chi connectivity index (χ0) is 16.1. The largest absolute Gasteiger partial charge is 0.381 e. The van der Waals surface area contributed by atoms with Crippen molar-refractivity contribution >= 4 is 11.6 Å². The summed E-state index contributed by atoms with van der Waals surface area (Å²) in [5.41, 5.74) is 0.679. The Hall–Kier alpha value is -2.46. The van der Waals surface area contributed by atoms with Crippen molar-refractivity contribution in [2.75, 3.05) is 13.2 Å². The molecule has 1 aromatic carbocycles. The molecule has 1 fully saturated rings. The van der Waals surface area contributed by atoms with E-state index in [0.29, 0.717) is 31.6 Å². The van der Waals surface area contributed by atoms with Gasteiger partial charge in [0.1, 0.15) is 6.04 Å². The number of nitro groups is 1. The molecule has 0 saturated carbocycles. The van der Waals surface area contributed by atoms with Crippen LogP contribution in [-0.2, 0) is 11.2 Å². The summed E-state index contributed by atoms with van der Waals surface area (Å²) in [5.74, 6) is -0.525. The molecule has 0 bridgehead atoms. The first-order chi connectivity index (χ1) is 10.6. The summed E-state index contributed by atoms with van der Waals surface area (Å²) in [5, 5.41) is 22.9. The summed E-state index contributed by atoms with van der Waals surface area (Å²) in [6.45, 7) is 2.83. The van der Waals surface area contributed by atoms with Crippen molar-refractivity contribution in [3.63, 3.8) is 0 Å². The lowest BCUT2D eigenvalue weighted by atomic mass is 9.99. The Morgan fingerprint density at radius 3 is 2.95 bits per heavy atom. The number of hydrogen-bond acceptors (Lipinski definition) is 5. The topological polar surface area (TPSA) is 105 Å². The molecule has 1 aliphatic rings. The predicted molar refractivity (Wildman–Crippen MR) is 78.3 cm³/mol. The second kappa shape index (κ2) is 7.00. The molecule has 1 heterocycles. The van der Waals surface area contributed by atoms with Crippen molar-refractivity contribution in [2.24, 2.45) is 5.92 Å². The maximum absolute atomic E-state index is 12.2. The summed E-state index contributed by atoms with van der Waals surface area (Å²) in [6, 6.07) is 5.78. The summed E-state index contributed by atoms with van der Waals surface area (Å²) in [4.78, 5) is 22.8. The van der Waals surface area contributed by atoms with Crippen LogP contribution in [0, 0.1) is 27.4 Å². The van der Waals surface area contributed by atoms with E-state index in [-0.39, 0.29) is 17.2 Å². The lowest BCUT2D eigenvalue weighted by Gasteiger charge is -2.16. The van der Waals surface area contributed by atoms with Crippen molar-refractivity contribution in [1.29, 1.82) is 5.26 Å². The number of nitriles is 1. The Labute approximate surface area is 128 Å². The van der Waals surface area contributed by atoms with E-state index < -0.39 is 16.9 Å². The maximum Gasteiger partial charge on any atom is 0.273 e. The molecule has 0 aliphatic carbocycles. The van der Waals surface area contributed by atoms with E-state index in [2.05, 4.69) is 11.4 Å². The highest BCUT2D eigenvalue weighted by Gasteiger charge is 2.27. The Morgan fingerprint density at radius 2 is 2.41 bits per heavy atom. The van der Waals surface area contributed by atoms with Crippen LogP contribution < -0.4 is 5.32 Å². The summed E-state index contributed by atoms with van der Waals surface area (Å²) in [7, 11) is 0. The minimum absolute atomic E-state index is 0.0427. The first-order valence-corrected chi connectivity index (χ1v) is 7.12. The van der Waals surface area contributed by atoms with Gasteiger partial charge in [0.15, 0.2) is 0 Å². The third-order valence-corrected chi connectivity index (χ3v) is 3.79. The van der Waals surface area contributed by atoms with Crippen LogP contribution in [0.1, 0.15) is 29.3 Å². The van der Waals surface area contributed by atoms with Crippen molar-refractivity contribution in [1.82, 2.24) is 5.32 Å². The lowest BCUT2D eigenvalue weighted by molar-refractivity contribution is -0.385. The number of carbonyl (C=O) groups excluding carboxylic acids is 1. The molecular weight excluding hydrogens is 286 g/mol. The number of aryl methyl sites for hydroxylation is 1. The number of nitro benzene ring substituents is 1. The smallest absolute Gasteiger partial charge is 0.273 e. The summed E-state index contributed by atoms with van der Waals surface area (Å²) < 4.78 is 5.22. The van der Waals surface area contributed by atoms with E-state index >= 15 is 0 Å². The highest BCUT2D eigenvalue weighted by molar-refractivity contribution is 5.95. The zero-order valence-electron chi connectivity index (χ0n) is 12.2. The van der Waals surface area contributed by atoms with Gasteiger partial charge in [-0.2, -0.15) is 5.26 Å². The highest BCUT2D eigenvalue weighted by Crippen LogP contribution is 2.22. The Bertz CT molecular complexity index is 618. The van der Waals surface area contributed by atoms with Crippen molar-refractivity contribution < 1.29 is 14.5 Å². The second-order valence-corrected chi connectivity index (χ2v) is 5.16. The number of nitrogens with one attached hydrogen (secondary N) is 1. The molecule has 2 atom stereocenters. The normalized spacial score (nSPS) is 18.5. The van der Waals surface area contributed by atoms with Gasteiger partial charge >= 0.3 is 0 Å². The highest BCUT2D eigenvalue weighted by atomic mass is 16.6. The van der Waals surface area contributed by atoms with Gasteiger partial charge in [-0.1, -0.05) is 13.0 Å².